The largest absolute Gasteiger partial charge is 0.332 e. The van der Waals surface area contributed by atoms with E-state index in [9.17, 15) is 4.79 Å². The third-order valence-corrected chi connectivity index (χ3v) is 3.44. The van der Waals surface area contributed by atoms with Gasteiger partial charge in [-0.25, -0.2) is 0 Å². The smallest absolute Gasteiger partial charge is 0.223 e. The molecule has 0 aromatic heterocycles. The molecule has 1 amide bonds. The molecular formula is C12H17NO. The molecule has 0 aromatic carbocycles. The summed E-state index contributed by atoms with van der Waals surface area (Å²) in [7, 11) is 0. The van der Waals surface area contributed by atoms with Crippen molar-refractivity contribution in [1.29, 1.82) is 0 Å². The molecule has 2 heteroatoms. The van der Waals surface area contributed by atoms with Crippen molar-refractivity contribution in [1.82, 2.24) is 4.90 Å². The standard InChI is InChI=1S/C12H17NO/c1-3-6-12-7-4-10(2)9-13(12)11(14)5-8-12/h3-4H,1,5-9H2,2H3/t12-/m0/s1. The van der Waals surface area contributed by atoms with Crippen molar-refractivity contribution >= 4 is 5.91 Å². The van der Waals surface area contributed by atoms with Gasteiger partial charge in [0.25, 0.3) is 0 Å². The summed E-state index contributed by atoms with van der Waals surface area (Å²) in [6, 6.07) is 0. The minimum Gasteiger partial charge on any atom is -0.332 e. The average Bonchev–Trinajstić information content (AvgIpc) is 2.47. The highest BCUT2D eigenvalue weighted by atomic mass is 16.2. The third kappa shape index (κ3) is 1.29. The van der Waals surface area contributed by atoms with Gasteiger partial charge in [0.2, 0.25) is 5.91 Å². The molecule has 0 aromatic rings. The van der Waals surface area contributed by atoms with Crippen LogP contribution in [0.25, 0.3) is 0 Å². The summed E-state index contributed by atoms with van der Waals surface area (Å²) in [6.07, 6.45) is 7.88. The maximum atomic E-state index is 11.7. The number of carbonyl (C=O) groups is 1. The number of carbonyl (C=O) groups excluding carboxylic acids is 1. The Labute approximate surface area is 85.3 Å². The second-order valence-corrected chi connectivity index (χ2v) is 4.45. The van der Waals surface area contributed by atoms with E-state index in [2.05, 4.69) is 24.5 Å². The molecule has 0 radical (unpaired) electrons. The molecule has 76 valence electrons. The van der Waals surface area contributed by atoms with Gasteiger partial charge < -0.3 is 4.90 Å². The van der Waals surface area contributed by atoms with Gasteiger partial charge in [0.15, 0.2) is 0 Å². The highest BCUT2D eigenvalue weighted by molar-refractivity contribution is 5.80. The first-order valence-corrected chi connectivity index (χ1v) is 5.25. The van der Waals surface area contributed by atoms with Gasteiger partial charge in [0.05, 0.1) is 5.54 Å². The third-order valence-electron chi connectivity index (χ3n) is 3.44. The van der Waals surface area contributed by atoms with Crippen LogP contribution in [-0.2, 0) is 4.79 Å². The maximum Gasteiger partial charge on any atom is 0.223 e. The van der Waals surface area contributed by atoms with Gasteiger partial charge in [-0.3, -0.25) is 4.79 Å². The van der Waals surface area contributed by atoms with E-state index in [1.165, 1.54) is 5.57 Å². The Balaban J connectivity index is 2.29. The van der Waals surface area contributed by atoms with E-state index in [1.807, 2.05) is 6.08 Å². The molecule has 2 heterocycles. The van der Waals surface area contributed by atoms with Gasteiger partial charge in [-0.1, -0.05) is 17.7 Å². The van der Waals surface area contributed by atoms with Crippen LogP contribution in [0.1, 0.15) is 32.6 Å². The van der Waals surface area contributed by atoms with Crippen LogP contribution in [0.2, 0.25) is 0 Å². The zero-order chi connectivity index (χ0) is 10.2. The van der Waals surface area contributed by atoms with Crippen LogP contribution >= 0.6 is 0 Å². The SMILES string of the molecule is C=CC[C@@]12CC=C(C)CN1C(=O)CC2. The van der Waals surface area contributed by atoms with Crippen LogP contribution in [0.15, 0.2) is 24.3 Å². The molecular weight excluding hydrogens is 174 g/mol. The topological polar surface area (TPSA) is 20.3 Å². The minimum atomic E-state index is 0.0817. The molecule has 1 saturated heterocycles. The summed E-state index contributed by atoms with van der Waals surface area (Å²) < 4.78 is 0. The maximum absolute atomic E-state index is 11.7. The molecule has 0 N–H and O–H groups in total. The van der Waals surface area contributed by atoms with Gasteiger partial charge in [0.1, 0.15) is 0 Å². The van der Waals surface area contributed by atoms with Gasteiger partial charge >= 0.3 is 0 Å². The van der Waals surface area contributed by atoms with Crippen molar-refractivity contribution in [3.8, 4) is 0 Å². The predicted molar refractivity (Wildman–Crippen MR) is 56.9 cm³/mol. The molecule has 0 spiro atoms. The molecule has 0 saturated carbocycles. The Kier molecular flexibility index (Phi) is 2.22. The van der Waals surface area contributed by atoms with Gasteiger partial charge in [-0.15, -0.1) is 6.58 Å². The van der Waals surface area contributed by atoms with Gasteiger partial charge in [0, 0.05) is 13.0 Å². The second-order valence-electron chi connectivity index (χ2n) is 4.45. The lowest BCUT2D eigenvalue weighted by atomic mass is 9.85. The van der Waals surface area contributed by atoms with E-state index in [-0.39, 0.29) is 5.54 Å². The highest BCUT2D eigenvalue weighted by Gasteiger charge is 2.44. The van der Waals surface area contributed by atoms with Crippen molar-refractivity contribution in [2.24, 2.45) is 0 Å². The first kappa shape index (κ1) is 9.50. The quantitative estimate of drug-likeness (QED) is 0.613. The van der Waals surface area contributed by atoms with E-state index in [0.29, 0.717) is 5.91 Å². The Morgan fingerprint density at radius 2 is 2.50 bits per heavy atom. The molecule has 2 aliphatic rings. The molecule has 2 aliphatic heterocycles. The van der Waals surface area contributed by atoms with Crippen LogP contribution in [-0.4, -0.2) is 22.9 Å². The molecule has 1 fully saturated rings. The van der Waals surface area contributed by atoms with E-state index >= 15 is 0 Å². The molecule has 2 rings (SSSR count). The minimum absolute atomic E-state index is 0.0817. The Hall–Kier alpha value is -1.05. The second kappa shape index (κ2) is 3.26. The van der Waals surface area contributed by atoms with Crippen LogP contribution in [0.3, 0.4) is 0 Å². The predicted octanol–water partition coefficient (Wildman–Crippen LogP) is 2.27. The van der Waals surface area contributed by atoms with Crippen molar-refractivity contribution in [3.63, 3.8) is 0 Å². The fourth-order valence-corrected chi connectivity index (χ4v) is 2.58. The lowest BCUT2D eigenvalue weighted by molar-refractivity contribution is -0.131. The van der Waals surface area contributed by atoms with Crippen molar-refractivity contribution in [2.75, 3.05) is 6.54 Å². The summed E-state index contributed by atoms with van der Waals surface area (Å²) in [5.74, 6) is 0.319. The van der Waals surface area contributed by atoms with E-state index in [4.69, 9.17) is 0 Å². The summed E-state index contributed by atoms with van der Waals surface area (Å²) in [6.45, 7) is 6.72. The lowest BCUT2D eigenvalue weighted by Gasteiger charge is -2.41. The summed E-state index contributed by atoms with van der Waals surface area (Å²) in [4.78, 5) is 13.8. The zero-order valence-electron chi connectivity index (χ0n) is 8.75. The van der Waals surface area contributed by atoms with Crippen molar-refractivity contribution in [2.45, 2.75) is 38.1 Å². The van der Waals surface area contributed by atoms with E-state index in [0.717, 1.165) is 32.2 Å². The number of nitrogens with zero attached hydrogens (tertiary/aromatic N) is 1. The van der Waals surface area contributed by atoms with Crippen LogP contribution < -0.4 is 0 Å². The average molecular weight is 191 g/mol. The summed E-state index contributed by atoms with van der Waals surface area (Å²) in [5, 5.41) is 0. The molecule has 1 atom stereocenters. The molecule has 2 nitrogen and oxygen atoms in total. The fourth-order valence-electron chi connectivity index (χ4n) is 2.58. The molecule has 14 heavy (non-hydrogen) atoms. The first-order valence-electron chi connectivity index (χ1n) is 5.25. The van der Waals surface area contributed by atoms with Gasteiger partial charge in [-0.2, -0.15) is 0 Å². The monoisotopic (exact) mass is 191 g/mol. The Morgan fingerprint density at radius 1 is 1.71 bits per heavy atom. The number of rotatable bonds is 2. The number of amides is 1. The van der Waals surface area contributed by atoms with Gasteiger partial charge in [-0.05, 0) is 26.2 Å². The van der Waals surface area contributed by atoms with E-state index < -0.39 is 0 Å². The molecule has 0 aliphatic carbocycles. The summed E-state index contributed by atoms with van der Waals surface area (Å²) in [5.41, 5.74) is 1.40. The van der Waals surface area contributed by atoms with Crippen LogP contribution in [0, 0.1) is 0 Å². The van der Waals surface area contributed by atoms with Crippen LogP contribution in [0.5, 0.6) is 0 Å². The summed E-state index contributed by atoms with van der Waals surface area (Å²) >= 11 is 0. The normalized spacial score (nSPS) is 31.4. The Bertz CT molecular complexity index is 305. The molecule has 0 unspecified atom stereocenters. The molecule has 0 bridgehead atoms. The number of hydrogen-bond acceptors (Lipinski definition) is 1. The highest BCUT2D eigenvalue weighted by Crippen LogP contribution is 2.40. The van der Waals surface area contributed by atoms with Crippen molar-refractivity contribution < 1.29 is 4.79 Å². The van der Waals surface area contributed by atoms with Crippen LogP contribution in [0.4, 0.5) is 0 Å². The number of fused-ring (bicyclic) bond motifs is 1. The zero-order valence-corrected chi connectivity index (χ0v) is 8.75. The lowest BCUT2D eigenvalue weighted by Crippen LogP contribution is -2.48. The Morgan fingerprint density at radius 3 is 3.21 bits per heavy atom. The van der Waals surface area contributed by atoms with E-state index in [1.54, 1.807) is 0 Å². The van der Waals surface area contributed by atoms with Crippen molar-refractivity contribution in [3.05, 3.63) is 24.3 Å². The fraction of sp³-hybridized carbons (Fsp3) is 0.583. The number of hydrogen-bond donors (Lipinski definition) is 0. The first-order chi connectivity index (χ1) is 6.68.